The molecule has 0 saturated carbocycles. The smallest absolute Gasteiger partial charge is 0.225 e. The molecule has 3 nitrogen and oxygen atoms in total. The SMILES string of the molecule is O=C(Cc1ccccc1I)NC(CO)c1ccccc1F. The summed E-state index contributed by atoms with van der Waals surface area (Å²) < 4.78 is 14.7. The number of rotatable bonds is 5. The van der Waals surface area contributed by atoms with Crippen LogP contribution in [0.5, 0.6) is 0 Å². The maximum Gasteiger partial charge on any atom is 0.225 e. The summed E-state index contributed by atoms with van der Waals surface area (Å²) in [4.78, 5) is 12.1. The fraction of sp³-hybridized carbons (Fsp3) is 0.188. The fourth-order valence-electron chi connectivity index (χ4n) is 2.04. The van der Waals surface area contributed by atoms with Crippen molar-refractivity contribution in [1.82, 2.24) is 5.32 Å². The minimum Gasteiger partial charge on any atom is -0.394 e. The van der Waals surface area contributed by atoms with E-state index in [1.54, 1.807) is 18.2 Å². The zero-order valence-corrected chi connectivity index (χ0v) is 13.4. The Bertz CT molecular complexity index is 633. The fourth-order valence-corrected chi connectivity index (χ4v) is 2.62. The van der Waals surface area contributed by atoms with E-state index in [-0.39, 0.29) is 24.5 Å². The summed E-state index contributed by atoms with van der Waals surface area (Å²) in [5.74, 6) is -0.687. The quantitative estimate of drug-likeness (QED) is 0.760. The average molecular weight is 399 g/mol. The number of halogens is 2. The predicted molar refractivity (Wildman–Crippen MR) is 87.2 cm³/mol. The molecule has 1 atom stereocenters. The average Bonchev–Trinajstić information content (AvgIpc) is 2.48. The van der Waals surface area contributed by atoms with Crippen molar-refractivity contribution in [2.75, 3.05) is 6.61 Å². The first kappa shape index (κ1) is 15.9. The van der Waals surface area contributed by atoms with E-state index in [9.17, 15) is 14.3 Å². The lowest BCUT2D eigenvalue weighted by atomic mass is 10.1. The third-order valence-electron chi connectivity index (χ3n) is 3.11. The van der Waals surface area contributed by atoms with Gasteiger partial charge in [-0.1, -0.05) is 36.4 Å². The predicted octanol–water partition coefficient (Wildman–Crippen LogP) is 2.82. The number of nitrogens with one attached hydrogen (secondary N) is 1. The van der Waals surface area contributed by atoms with Gasteiger partial charge < -0.3 is 10.4 Å². The Hall–Kier alpha value is -1.47. The molecule has 110 valence electrons. The number of aliphatic hydroxyl groups is 1. The van der Waals surface area contributed by atoms with Crippen molar-refractivity contribution in [3.63, 3.8) is 0 Å². The molecule has 2 aromatic carbocycles. The van der Waals surface area contributed by atoms with Crippen molar-refractivity contribution in [2.24, 2.45) is 0 Å². The van der Waals surface area contributed by atoms with E-state index in [1.807, 2.05) is 24.3 Å². The van der Waals surface area contributed by atoms with E-state index >= 15 is 0 Å². The molecule has 2 N–H and O–H groups in total. The van der Waals surface area contributed by atoms with Crippen LogP contribution in [0.3, 0.4) is 0 Å². The summed E-state index contributed by atoms with van der Waals surface area (Å²) in [6.45, 7) is -0.349. The van der Waals surface area contributed by atoms with Crippen LogP contribution in [0.2, 0.25) is 0 Å². The van der Waals surface area contributed by atoms with Gasteiger partial charge in [-0.3, -0.25) is 4.79 Å². The van der Waals surface area contributed by atoms with E-state index in [1.165, 1.54) is 6.07 Å². The van der Waals surface area contributed by atoms with Gasteiger partial charge in [-0.2, -0.15) is 0 Å². The highest BCUT2D eigenvalue weighted by atomic mass is 127. The van der Waals surface area contributed by atoms with Crippen LogP contribution in [0.25, 0.3) is 0 Å². The molecule has 0 aromatic heterocycles. The highest BCUT2D eigenvalue weighted by Gasteiger charge is 2.17. The molecular weight excluding hydrogens is 384 g/mol. The van der Waals surface area contributed by atoms with Crippen LogP contribution in [0, 0.1) is 9.39 Å². The van der Waals surface area contributed by atoms with E-state index in [4.69, 9.17) is 0 Å². The zero-order valence-electron chi connectivity index (χ0n) is 11.2. The van der Waals surface area contributed by atoms with Crippen LogP contribution in [0.1, 0.15) is 17.2 Å². The van der Waals surface area contributed by atoms with Crippen LogP contribution in [0.4, 0.5) is 4.39 Å². The standard InChI is InChI=1S/C16H15FINO2/c17-13-7-3-2-6-12(13)15(10-20)19-16(21)9-11-5-1-4-8-14(11)18/h1-8,15,20H,9-10H2,(H,19,21). The lowest BCUT2D eigenvalue weighted by Crippen LogP contribution is -2.32. The van der Waals surface area contributed by atoms with Crippen LogP contribution in [-0.2, 0) is 11.2 Å². The molecule has 1 amide bonds. The summed E-state index contributed by atoms with van der Waals surface area (Å²) in [6, 6.07) is 12.9. The van der Waals surface area contributed by atoms with Crippen molar-refractivity contribution in [3.05, 3.63) is 69.0 Å². The Labute approximate surface area is 136 Å². The highest BCUT2D eigenvalue weighted by molar-refractivity contribution is 14.1. The molecule has 0 radical (unpaired) electrons. The number of carbonyl (C=O) groups is 1. The van der Waals surface area contributed by atoms with Crippen molar-refractivity contribution in [3.8, 4) is 0 Å². The van der Waals surface area contributed by atoms with Gasteiger partial charge in [-0.25, -0.2) is 4.39 Å². The van der Waals surface area contributed by atoms with Crippen molar-refractivity contribution in [2.45, 2.75) is 12.5 Å². The molecule has 0 heterocycles. The van der Waals surface area contributed by atoms with Gasteiger partial charge in [-0.05, 0) is 40.3 Å². The maximum atomic E-state index is 13.7. The maximum absolute atomic E-state index is 13.7. The van der Waals surface area contributed by atoms with Crippen molar-refractivity contribution >= 4 is 28.5 Å². The summed E-state index contributed by atoms with van der Waals surface area (Å²) in [6.07, 6.45) is 0.198. The first-order valence-electron chi connectivity index (χ1n) is 6.50. The number of hydrogen-bond acceptors (Lipinski definition) is 2. The highest BCUT2D eigenvalue weighted by Crippen LogP contribution is 2.17. The number of aliphatic hydroxyl groups excluding tert-OH is 1. The molecule has 21 heavy (non-hydrogen) atoms. The Morgan fingerprint density at radius 1 is 1.19 bits per heavy atom. The number of benzene rings is 2. The molecule has 0 aliphatic rings. The molecule has 2 aromatic rings. The van der Waals surface area contributed by atoms with Gasteiger partial charge in [0.1, 0.15) is 5.82 Å². The van der Waals surface area contributed by atoms with Gasteiger partial charge in [0.25, 0.3) is 0 Å². The molecule has 0 fully saturated rings. The molecule has 0 aliphatic carbocycles. The monoisotopic (exact) mass is 399 g/mol. The van der Waals surface area contributed by atoms with E-state index in [0.29, 0.717) is 0 Å². The topological polar surface area (TPSA) is 49.3 Å². The molecule has 1 unspecified atom stereocenters. The van der Waals surface area contributed by atoms with Crippen molar-refractivity contribution < 1.29 is 14.3 Å². The van der Waals surface area contributed by atoms with Gasteiger partial charge in [0.05, 0.1) is 19.1 Å². The summed E-state index contributed by atoms with van der Waals surface area (Å²) in [5, 5.41) is 12.1. The Kier molecular flexibility index (Phi) is 5.69. The van der Waals surface area contributed by atoms with Gasteiger partial charge in [0.2, 0.25) is 5.91 Å². The molecule has 0 aliphatic heterocycles. The minimum atomic E-state index is -0.736. The first-order chi connectivity index (χ1) is 10.1. The second kappa shape index (κ2) is 7.51. The number of carbonyl (C=O) groups excluding carboxylic acids is 1. The van der Waals surface area contributed by atoms with Gasteiger partial charge in [-0.15, -0.1) is 0 Å². The molecular formula is C16H15FINO2. The summed E-state index contributed by atoms with van der Waals surface area (Å²) in [5.41, 5.74) is 1.19. The van der Waals surface area contributed by atoms with E-state index < -0.39 is 11.9 Å². The van der Waals surface area contributed by atoms with E-state index in [2.05, 4.69) is 27.9 Å². The van der Waals surface area contributed by atoms with Crippen LogP contribution in [0.15, 0.2) is 48.5 Å². The lowest BCUT2D eigenvalue weighted by Gasteiger charge is -2.17. The van der Waals surface area contributed by atoms with Crippen LogP contribution in [-0.4, -0.2) is 17.6 Å². The molecule has 2 rings (SSSR count). The largest absolute Gasteiger partial charge is 0.394 e. The minimum absolute atomic E-state index is 0.198. The van der Waals surface area contributed by atoms with Crippen LogP contribution >= 0.6 is 22.6 Å². The Balaban J connectivity index is 2.07. The first-order valence-corrected chi connectivity index (χ1v) is 7.57. The second-order valence-corrected chi connectivity index (χ2v) is 5.75. The number of amides is 1. The summed E-state index contributed by atoms with van der Waals surface area (Å²) >= 11 is 2.16. The normalized spacial score (nSPS) is 12.0. The Morgan fingerprint density at radius 3 is 2.52 bits per heavy atom. The Morgan fingerprint density at radius 2 is 1.86 bits per heavy atom. The molecule has 0 spiro atoms. The second-order valence-electron chi connectivity index (χ2n) is 4.59. The summed E-state index contributed by atoms with van der Waals surface area (Å²) in [7, 11) is 0. The van der Waals surface area contributed by atoms with Gasteiger partial charge >= 0.3 is 0 Å². The third kappa shape index (κ3) is 4.25. The van der Waals surface area contributed by atoms with Crippen molar-refractivity contribution in [1.29, 1.82) is 0 Å². The lowest BCUT2D eigenvalue weighted by molar-refractivity contribution is -0.121. The number of hydrogen-bond donors (Lipinski definition) is 2. The molecule has 0 saturated heterocycles. The van der Waals surface area contributed by atoms with E-state index in [0.717, 1.165) is 9.13 Å². The third-order valence-corrected chi connectivity index (χ3v) is 4.16. The van der Waals surface area contributed by atoms with Crippen LogP contribution < -0.4 is 5.32 Å². The molecule has 0 bridgehead atoms. The van der Waals surface area contributed by atoms with Gasteiger partial charge in [0, 0.05) is 9.13 Å². The van der Waals surface area contributed by atoms with Gasteiger partial charge in [0.15, 0.2) is 0 Å². The molecule has 5 heteroatoms. The zero-order chi connectivity index (χ0) is 15.2.